The van der Waals surface area contributed by atoms with Gasteiger partial charge in [-0.15, -0.1) is 12.4 Å². The van der Waals surface area contributed by atoms with E-state index in [0.717, 1.165) is 25.0 Å². The Kier molecular flexibility index (Phi) is 6.94. The summed E-state index contributed by atoms with van der Waals surface area (Å²) in [6.45, 7) is 1.23. The normalized spacial score (nSPS) is 21.3. The first-order valence-corrected chi connectivity index (χ1v) is 8.61. The summed E-state index contributed by atoms with van der Waals surface area (Å²) in [6, 6.07) is 3.28. The van der Waals surface area contributed by atoms with Gasteiger partial charge in [-0.3, -0.25) is 4.79 Å². The Labute approximate surface area is 141 Å². The maximum atomic E-state index is 13.6. The van der Waals surface area contributed by atoms with Gasteiger partial charge in [0.2, 0.25) is 15.9 Å². The van der Waals surface area contributed by atoms with E-state index in [0.29, 0.717) is 12.8 Å². The molecule has 0 atom stereocenters. The minimum absolute atomic E-state index is 0. The Morgan fingerprint density at radius 2 is 1.87 bits per heavy atom. The molecule has 0 heterocycles. The first-order valence-electron chi connectivity index (χ1n) is 7.13. The van der Waals surface area contributed by atoms with Gasteiger partial charge in [0.25, 0.3) is 0 Å². The standard InChI is InChI=1S/C14H20FN3O3S.ClH/c1-9(19)17-14-8-12(6-7-13(14)15)22(20,21)18-11-4-2-10(16)3-5-11;/h6-8,10-11,18H,2-5,16H2,1H3,(H,17,19);1H. The summed E-state index contributed by atoms with van der Waals surface area (Å²) in [5, 5.41) is 2.27. The molecule has 0 saturated heterocycles. The van der Waals surface area contributed by atoms with Crippen molar-refractivity contribution in [3.8, 4) is 0 Å². The van der Waals surface area contributed by atoms with E-state index in [2.05, 4.69) is 10.0 Å². The van der Waals surface area contributed by atoms with Crippen molar-refractivity contribution in [2.45, 2.75) is 49.6 Å². The molecule has 6 nitrogen and oxygen atoms in total. The van der Waals surface area contributed by atoms with Crippen LogP contribution in [0.2, 0.25) is 0 Å². The molecule has 4 N–H and O–H groups in total. The number of carbonyl (C=O) groups excluding carboxylic acids is 1. The Hall–Kier alpha value is -1.22. The second-order valence-corrected chi connectivity index (χ2v) is 7.27. The third-order valence-electron chi connectivity index (χ3n) is 3.65. The van der Waals surface area contributed by atoms with Gasteiger partial charge >= 0.3 is 0 Å². The molecule has 1 aliphatic carbocycles. The number of rotatable bonds is 4. The number of benzene rings is 1. The molecule has 0 bridgehead atoms. The highest BCUT2D eigenvalue weighted by atomic mass is 35.5. The fraction of sp³-hybridized carbons (Fsp3) is 0.500. The van der Waals surface area contributed by atoms with Crippen LogP contribution in [0.15, 0.2) is 23.1 Å². The number of halogens is 2. The molecule has 2 rings (SSSR count). The summed E-state index contributed by atoms with van der Waals surface area (Å²) in [4.78, 5) is 10.9. The zero-order chi connectivity index (χ0) is 16.3. The average Bonchev–Trinajstić information content (AvgIpc) is 2.43. The van der Waals surface area contributed by atoms with Crippen LogP contribution in [0.3, 0.4) is 0 Å². The van der Waals surface area contributed by atoms with E-state index in [1.807, 2.05) is 0 Å². The molecular formula is C14H21ClFN3O3S. The molecule has 0 aromatic heterocycles. The van der Waals surface area contributed by atoms with E-state index in [-0.39, 0.29) is 35.1 Å². The second-order valence-electron chi connectivity index (χ2n) is 5.56. The van der Waals surface area contributed by atoms with Crippen LogP contribution < -0.4 is 15.8 Å². The van der Waals surface area contributed by atoms with Gasteiger partial charge in [0.05, 0.1) is 10.6 Å². The molecule has 1 aromatic carbocycles. The fourth-order valence-electron chi connectivity index (χ4n) is 2.48. The number of hydrogen-bond acceptors (Lipinski definition) is 4. The van der Waals surface area contributed by atoms with Crippen LogP contribution in [0, 0.1) is 5.82 Å². The lowest BCUT2D eigenvalue weighted by Crippen LogP contribution is -2.40. The highest BCUT2D eigenvalue weighted by Gasteiger charge is 2.25. The number of sulfonamides is 1. The number of hydrogen-bond donors (Lipinski definition) is 3. The number of carbonyl (C=O) groups is 1. The van der Waals surface area contributed by atoms with Gasteiger partial charge in [-0.05, 0) is 43.9 Å². The van der Waals surface area contributed by atoms with E-state index in [4.69, 9.17) is 5.73 Å². The summed E-state index contributed by atoms with van der Waals surface area (Å²) < 4.78 is 40.9. The molecule has 1 aliphatic rings. The van der Waals surface area contributed by atoms with Gasteiger partial charge in [-0.25, -0.2) is 17.5 Å². The SMILES string of the molecule is CC(=O)Nc1cc(S(=O)(=O)NC2CCC(N)CC2)ccc1F.Cl. The first kappa shape index (κ1) is 19.8. The minimum atomic E-state index is -3.76. The molecule has 0 unspecified atom stereocenters. The quantitative estimate of drug-likeness (QED) is 0.756. The Balaban J connectivity index is 0.00000264. The van der Waals surface area contributed by atoms with Crippen LogP contribution in [0.4, 0.5) is 10.1 Å². The molecule has 1 amide bonds. The van der Waals surface area contributed by atoms with Crippen molar-refractivity contribution >= 4 is 34.0 Å². The molecule has 0 radical (unpaired) electrons. The van der Waals surface area contributed by atoms with Crippen LogP contribution in [-0.2, 0) is 14.8 Å². The maximum Gasteiger partial charge on any atom is 0.240 e. The number of amides is 1. The molecule has 1 saturated carbocycles. The molecule has 1 aromatic rings. The van der Waals surface area contributed by atoms with Gasteiger partial charge < -0.3 is 11.1 Å². The second kappa shape index (κ2) is 8.05. The van der Waals surface area contributed by atoms with E-state index in [1.54, 1.807) is 0 Å². The van der Waals surface area contributed by atoms with Crippen molar-refractivity contribution < 1.29 is 17.6 Å². The Morgan fingerprint density at radius 3 is 2.43 bits per heavy atom. The molecule has 0 spiro atoms. The molecule has 23 heavy (non-hydrogen) atoms. The topological polar surface area (TPSA) is 101 Å². The third kappa shape index (κ3) is 5.42. The Morgan fingerprint density at radius 1 is 1.26 bits per heavy atom. The zero-order valence-corrected chi connectivity index (χ0v) is 14.3. The van der Waals surface area contributed by atoms with Crippen molar-refractivity contribution in [2.75, 3.05) is 5.32 Å². The van der Waals surface area contributed by atoms with Crippen LogP contribution in [0.25, 0.3) is 0 Å². The molecular weight excluding hydrogens is 345 g/mol. The molecule has 0 aliphatic heterocycles. The monoisotopic (exact) mass is 365 g/mol. The third-order valence-corrected chi connectivity index (χ3v) is 5.17. The van der Waals surface area contributed by atoms with Crippen molar-refractivity contribution in [2.24, 2.45) is 5.73 Å². The highest BCUT2D eigenvalue weighted by molar-refractivity contribution is 7.89. The van der Waals surface area contributed by atoms with E-state index >= 15 is 0 Å². The fourth-order valence-corrected chi connectivity index (χ4v) is 3.81. The van der Waals surface area contributed by atoms with Gasteiger partial charge in [0.15, 0.2) is 0 Å². The van der Waals surface area contributed by atoms with E-state index < -0.39 is 21.7 Å². The lowest BCUT2D eigenvalue weighted by atomic mass is 9.93. The summed E-state index contributed by atoms with van der Waals surface area (Å²) >= 11 is 0. The first-order chi connectivity index (χ1) is 10.3. The molecule has 9 heteroatoms. The van der Waals surface area contributed by atoms with Crippen molar-refractivity contribution in [3.63, 3.8) is 0 Å². The number of nitrogens with one attached hydrogen (secondary N) is 2. The number of nitrogens with two attached hydrogens (primary N) is 1. The predicted octanol–water partition coefficient (Wildman–Crippen LogP) is 1.75. The summed E-state index contributed by atoms with van der Waals surface area (Å²) in [5.74, 6) is -1.15. The minimum Gasteiger partial charge on any atom is -0.328 e. The van der Waals surface area contributed by atoms with Crippen LogP contribution in [0.1, 0.15) is 32.6 Å². The summed E-state index contributed by atoms with van der Waals surface area (Å²) in [6.07, 6.45) is 2.90. The highest BCUT2D eigenvalue weighted by Crippen LogP contribution is 2.22. The van der Waals surface area contributed by atoms with E-state index in [1.165, 1.54) is 13.0 Å². The maximum absolute atomic E-state index is 13.6. The van der Waals surface area contributed by atoms with Gasteiger partial charge in [-0.2, -0.15) is 0 Å². The molecule has 1 fully saturated rings. The lowest BCUT2D eigenvalue weighted by Gasteiger charge is -2.26. The van der Waals surface area contributed by atoms with Gasteiger partial charge in [0, 0.05) is 19.0 Å². The molecule has 130 valence electrons. The lowest BCUT2D eigenvalue weighted by molar-refractivity contribution is -0.114. The van der Waals surface area contributed by atoms with E-state index in [9.17, 15) is 17.6 Å². The Bertz CT molecular complexity index is 661. The summed E-state index contributed by atoms with van der Waals surface area (Å²) in [5.41, 5.74) is 5.64. The average molecular weight is 366 g/mol. The number of anilines is 1. The van der Waals surface area contributed by atoms with Crippen LogP contribution in [-0.4, -0.2) is 26.4 Å². The van der Waals surface area contributed by atoms with Crippen molar-refractivity contribution in [1.82, 2.24) is 4.72 Å². The van der Waals surface area contributed by atoms with Gasteiger partial charge in [0.1, 0.15) is 5.82 Å². The zero-order valence-electron chi connectivity index (χ0n) is 12.7. The van der Waals surface area contributed by atoms with Crippen LogP contribution in [0.5, 0.6) is 0 Å². The largest absolute Gasteiger partial charge is 0.328 e. The van der Waals surface area contributed by atoms with Crippen LogP contribution >= 0.6 is 12.4 Å². The van der Waals surface area contributed by atoms with Crippen molar-refractivity contribution in [1.29, 1.82) is 0 Å². The van der Waals surface area contributed by atoms with Crippen molar-refractivity contribution in [3.05, 3.63) is 24.0 Å². The van der Waals surface area contributed by atoms with Gasteiger partial charge in [-0.1, -0.05) is 0 Å². The smallest absolute Gasteiger partial charge is 0.240 e. The summed E-state index contributed by atoms with van der Waals surface area (Å²) in [7, 11) is -3.76. The predicted molar refractivity (Wildman–Crippen MR) is 88.5 cm³/mol.